The molecular weight excluding hydrogens is 490 g/mol. The topological polar surface area (TPSA) is 35.3 Å². The molecule has 0 aliphatic carbocycles. The van der Waals surface area contributed by atoms with Crippen LogP contribution in [-0.2, 0) is 5.41 Å². The number of ether oxygens (including phenoxy) is 1. The molecule has 0 radical (unpaired) electrons. The van der Waals surface area contributed by atoms with Crippen molar-refractivity contribution in [1.29, 1.82) is 0 Å². The lowest BCUT2D eigenvalue weighted by Gasteiger charge is -2.34. The molecule has 40 heavy (non-hydrogen) atoms. The maximum absolute atomic E-state index is 6.22. The van der Waals surface area contributed by atoms with Crippen LogP contribution in [0.1, 0.15) is 64.7 Å². The Kier molecular flexibility index (Phi) is 7.67. The van der Waals surface area contributed by atoms with Crippen molar-refractivity contribution in [3.05, 3.63) is 108 Å². The largest absolute Gasteiger partial charge is 0.493 e. The van der Waals surface area contributed by atoms with Crippen molar-refractivity contribution in [3.63, 3.8) is 0 Å². The van der Waals surface area contributed by atoms with Gasteiger partial charge in [-0.05, 0) is 64.6 Å². The summed E-state index contributed by atoms with van der Waals surface area (Å²) in [5.41, 5.74) is 8.60. The molecule has 3 heteroatoms. The zero-order chi connectivity index (χ0) is 28.3. The highest BCUT2D eigenvalue weighted by atomic mass is 16.5. The van der Waals surface area contributed by atoms with E-state index in [2.05, 4.69) is 126 Å². The smallest absolute Gasteiger partial charge is 0.227 e. The van der Waals surface area contributed by atoms with Gasteiger partial charge in [0.15, 0.2) is 5.58 Å². The first-order chi connectivity index (χ1) is 19.1. The lowest BCUT2D eigenvalue weighted by Crippen LogP contribution is -2.25. The van der Waals surface area contributed by atoms with Crippen molar-refractivity contribution in [2.45, 2.75) is 53.4 Å². The van der Waals surface area contributed by atoms with Crippen molar-refractivity contribution in [1.82, 2.24) is 4.98 Å². The normalized spacial score (nSPS) is 12.3. The molecule has 0 saturated carbocycles. The molecule has 3 nitrogen and oxygen atoms in total. The van der Waals surface area contributed by atoms with Gasteiger partial charge >= 0.3 is 0 Å². The van der Waals surface area contributed by atoms with Gasteiger partial charge in [-0.1, -0.05) is 114 Å². The highest BCUT2D eigenvalue weighted by Crippen LogP contribution is 2.42. The number of aromatic nitrogens is 1. The van der Waals surface area contributed by atoms with Crippen LogP contribution in [0.15, 0.2) is 95.4 Å². The summed E-state index contributed by atoms with van der Waals surface area (Å²) < 4.78 is 12.3. The van der Waals surface area contributed by atoms with E-state index in [0.717, 1.165) is 40.0 Å². The van der Waals surface area contributed by atoms with Crippen LogP contribution < -0.4 is 4.74 Å². The maximum atomic E-state index is 6.22. The van der Waals surface area contributed by atoms with Crippen LogP contribution in [0, 0.1) is 5.41 Å². The molecule has 1 aromatic heterocycles. The molecule has 0 amide bonds. The summed E-state index contributed by atoms with van der Waals surface area (Å²) in [5, 5.41) is 0. The van der Waals surface area contributed by atoms with E-state index < -0.39 is 0 Å². The Hall–Kier alpha value is -4.11. The fraction of sp³-hybridized carbons (Fsp3) is 0.270. The highest BCUT2D eigenvalue weighted by Gasteiger charge is 2.31. The third kappa shape index (κ3) is 6.37. The van der Waals surface area contributed by atoms with E-state index in [-0.39, 0.29) is 10.8 Å². The molecule has 5 aromatic rings. The molecule has 0 saturated heterocycles. The standard InChI is InChI=1S/C37H39NO2/c1-7-39-33-24-34-32(23-31(33)37(5,6)25-36(2,3)4)38-35(40-34)30-21-17-27(18-22-30)14-13-26-15-19-29(20-16-26)28-11-9-8-10-12-28/h8-24H,7,25H2,1-6H3. The molecule has 204 valence electrons. The van der Waals surface area contributed by atoms with E-state index in [0.29, 0.717) is 12.5 Å². The summed E-state index contributed by atoms with van der Waals surface area (Å²) in [4.78, 5) is 4.87. The Bertz CT molecular complexity index is 1600. The van der Waals surface area contributed by atoms with Gasteiger partial charge in [-0.2, -0.15) is 0 Å². The van der Waals surface area contributed by atoms with Gasteiger partial charge in [-0.25, -0.2) is 4.98 Å². The van der Waals surface area contributed by atoms with E-state index in [4.69, 9.17) is 14.1 Å². The monoisotopic (exact) mass is 529 g/mol. The molecule has 0 atom stereocenters. The van der Waals surface area contributed by atoms with Gasteiger partial charge in [0.25, 0.3) is 0 Å². The number of nitrogens with zero attached hydrogens (tertiary/aromatic N) is 1. The summed E-state index contributed by atoms with van der Waals surface area (Å²) in [5.74, 6) is 1.50. The predicted molar refractivity (Wildman–Crippen MR) is 169 cm³/mol. The van der Waals surface area contributed by atoms with Crippen LogP contribution in [-0.4, -0.2) is 11.6 Å². The summed E-state index contributed by atoms with van der Waals surface area (Å²) in [6, 6.07) is 31.6. The third-order valence-corrected chi connectivity index (χ3v) is 7.13. The minimum Gasteiger partial charge on any atom is -0.493 e. The number of hydrogen-bond acceptors (Lipinski definition) is 3. The SMILES string of the molecule is CCOc1cc2oc(-c3ccc(C=Cc4ccc(-c5ccccc5)cc4)cc3)nc2cc1C(C)(C)CC(C)(C)C. The average molecular weight is 530 g/mol. The van der Waals surface area contributed by atoms with Crippen LogP contribution in [0.3, 0.4) is 0 Å². The van der Waals surface area contributed by atoms with Gasteiger partial charge in [0.2, 0.25) is 5.89 Å². The van der Waals surface area contributed by atoms with Crippen LogP contribution in [0.4, 0.5) is 0 Å². The Labute approximate surface area is 238 Å². The van der Waals surface area contributed by atoms with Gasteiger partial charge in [0.05, 0.1) is 6.61 Å². The van der Waals surface area contributed by atoms with E-state index in [1.54, 1.807) is 0 Å². The van der Waals surface area contributed by atoms with Gasteiger partial charge in [0.1, 0.15) is 11.3 Å². The summed E-state index contributed by atoms with van der Waals surface area (Å²) in [7, 11) is 0. The Morgan fingerprint density at radius 2 is 1.30 bits per heavy atom. The van der Waals surface area contributed by atoms with Gasteiger partial charge in [-0.15, -0.1) is 0 Å². The van der Waals surface area contributed by atoms with Crippen LogP contribution in [0.2, 0.25) is 0 Å². The third-order valence-electron chi connectivity index (χ3n) is 7.13. The van der Waals surface area contributed by atoms with Crippen LogP contribution in [0.5, 0.6) is 5.75 Å². The molecule has 0 fully saturated rings. The maximum Gasteiger partial charge on any atom is 0.227 e. The van der Waals surface area contributed by atoms with Crippen molar-refractivity contribution < 1.29 is 9.15 Å². The van der Waals surface area contributed by atoms with Gasteiger partial charge in [0, 0.05) is 17.2 Å². The molecular formula is C37H39NO2. The molecule has 5 rings (SSSR count). The second kappa shape index (κ2) is 11.2. The van der Waals surface area contributed by atoms with Crippen molar-refractivity contribution in [3.8, 4) is 28.3 Å². The molecule has 0 N–H and O–H groups in total. The van der Waals surface area contributed by atoms with Crippen molar-refractivity contribution in [2.24, 2.45) is 5.41 Å². The molecule has 0 aliphatic rings. The first-order valence-electron chi connectivity index (χ1n) is 14.1. The van der Waals surface area contributed by atoms with E-state index in [1.165, 1.54) is 16.7 Å². The molecule has 0 spiro atoms. The lowest BCUT2D eigenvalue weighted by molar-refractivity contribution is 0.270. The van der Waals surface area contributed by atoms with Crippen LogP contribution >= 0.6 is 0 Å². The summed E-state index contributed by atoms with van der Waals surface area (Å²) in [6.45, 7) is 14.0. The highest BCUT2D eigenvalue weighted by molar-refractivity contribution is 5.80. The fourth-order valence-corrected chi connectivity index (χ4v) is 5.65. The minimum absolute atomic E-state index is 0.0636. The minimum atomic E-state index is -0.0636. The number of benzene rings is 4. The first-order valence-corrected chi connectivity index (χ1v) is 14.1. The first kappa shape index (κ1) is 27.5. The lowest BCUT2D eigenvalue weighted by atomic mass is 9.72. The van der Waals surface area contributed by atoms with Gasteiger partial charge < -0.3 is 9.15 Å². The fourth-order valence-electron chi connectivity index (χ4n) is 5.65. The van der Waals surface area contributed by atoms with Gasteiger partial charge in [-0.3, -0.25) is 0 Å². The number of rotatable bonds is 8. The molecule has 0 bridgehead atoms. The number of hydrogen-bond donors (Lipinski definition) is 0. The van der Waals surface area contributed by atoms with E-state index >= 15 is 0 Å². The molecule has 0 unspecified atom stereocenters. The molecule has 4 aromatic carbocycles. The van der Waals surface area contributed by atoms with Crippen LogP contribution in [0.25, 0.3) is 45.8 Å². The second-order valence-electron chi connectivity index (χ2n) is 12.3. The molecule has 1 heterocycles. The Balaban J connectivity index is 1.36. The molecule has 0 aliphatic heterocycles. The number of fused-ring (bicyclic) bond motifs is 1. The zero-order valence-corrected chi connectivity index (χ0v) is 24.5. The summed E-state index contributed by atoms with van der Waals surface area (Å²) in [6.07, 6.45) is 5.30. The predicted octanol–water partition coefficient (Wildman–Crippen LogP) is 10.4. The average Bonchev–Trinajstić information content (AvgIpc) is 3.35. The van der Waals surface area contributed by atoms with E-state index in [9.17, 15) is 0 Å². The Morgan fingerprint density at radius 3 is 1.88 bits per heavy atom. The Morgan fingerprint density at radius 1 is 0.725 bits per heavy atom. The quantitative estimate of drug-likeness (QED) is 0.188. The van der Waals surface area contributed by atoms with Crippen molar-refractivity contribution >= 4 is 23.3 Å². The van der Waals surface area contributed by atoms with E-state index in [1.807, 2.05) is 19.1 Å². The summed E-state index contributed by atoms with van der Waals surface area (Å²) >= 11 is 0. The zero-order valence-electron chi connectivity index (χ0n) is 24.5. The second-order valence-corrected chi connectivity index (χ2v) is 12.3. The number of oxazole rings is 1. The van der Waals surface area contributed by atoms with Crippen molar-refractivity contribution in [2.75, 3.05) is 6.61 Å².